The van der Waals surface area contributed by atoms with Crippen molar-refractivity contribution in [3.05, 3.63) is 65.6 Å². The average molecular weight is 448 g/mol. The maximum Gasteiger partial charge on any atom is 0.271 e. The van der Waals surface area contributed by atoms with Crippen LogP contribution in [0, 0.1) is 5.92 Å². The Kier molecular flexibility index (Phi) is 6.11. The van der Waals surface area contributed by atoms with Gasteiger partial charge in [-0.25, -0.2) is 4.98 Å². The fraction of sp³-hybridized carbons (Fsp3) is 0.400. The second-order valence-electron chi connectivity index (χ2n) is 9.04. The predicted molar refractivity (Wildman–Crippen MR) is 125 cm³/mol. The van der Waals surface area contributed by atoms with Crippen LogP contribution >= 0.6 is 0 Å². The predicted octanol–water partition coefficient (Wildman–Crippen LogP) is 2.22. The van der Waals surface area contributed by atoms with Crippen LogP contribution in [0.15, 0.2) is 48.8 Å². The third kappa shape index (κ3) is 4.91. The van der Waals surface area contributed by atoms with E-state index in [1.54, 1.807) is 28.9 Å². The Bertz CT molecular complexity index is 1170. The zero-order valence-electron chi connectivity index (χ0n) is 18.5. The molecule has 1 saturated carbocycles. The molecule has 0 radical (unpaired) electrons. The average Bonchev–Trinajstić information content (AvgIpc) is 3.20. The van der Waals surface area contributed by atoms with Crippen molar-refractivity contribution in [2.24, 2.45) is 5.92 Å². The molecule has 2 aromatic heterocycles. The van der Waals surface area contributed by atoms with Gasteiger partial charge in [0.2, 0.25) is 5.91 Å². The Morgan fingerprint density at radius 2 is 1.94 bits per heavy atom. The number of nitrogens with one attached hydrogen (secondary N) is 2. The third-order valence-electron chi connectivity index (χ3n) is 6.60. The molecule has 5 rings (SSSR count). The Morgan fingerprint density at radius 1 is 1.12 bits per heavy atom. The highest BCUT2D eigenvalue weighted by atomic mass is 16.3. The largest absolute Gasteiger partial charge is 0.390 e. The summed E-state index contributed by atoms with van der Waals surface area (Å²) in [6.07, 6.45) is 6.71. The number of pyridine rings is 1. The summed E-state index contributed by atoms with van der Waals surface area (Å²) in [6.45, 7) is 2.37. The number of benzene rings is 1. The minimum absolute atomic E-state index is 0.0462. The SMILES string of the molecule is O=C(NC[C@H](O)CN1CCc2ccccc2C1)c1cn2cc(NC(=O)C3CCC3)ccc2n1. The first kappa shape index (κ1) is 21.6. The summed E-state index contributed by atoms with van der Waals surface area (Å²) in [5.74, 6) is -0.178. The van der Waals surface area contributed by atoms with E-state index in [-0.39, 0.29) is 30.0 Å². The highest BCUT2D eigenvalue weighted by Crippen LogP contribution is 2.27. The first-order chi connectivity index (χ1) is 16.0. The molecule has 3 N–H and O–H groups in total. The minimum atomic E-state index is -0.662. The van der Waals surface area contributed by atoms with E-state index in [0.717, 1.165) is 38.8 Å². The minimum Gasteiger partial charge on any atom is -0.390 e. The summed E-state index contributed by atoms with van der Waals surface area (Å²) in [7, 11) is 0. The van der Waals surface area contributed by atoms with Crippen LogP contribution in [0.1, 0.15) is 40.9 Å². The first-order valence-electron chi connectivity index (χ1n) is 11.6. The van der Waals surface area contributed by atoms with Crippen LogP contribution < -0.4 is 10.6 Å². The molecule has 33 heavy (non-hydrogen) atoms. The Labute approximate surface area is 192 Å². The normalized spacial score (nSPS) is 17.2. The molecule has 172 valence electrons. The lowest BCUT2D eigenvalue weighted by Gasteiger charge is -2.30. The van der Waals surface area contributed by atoms with E-state index >= 15 is 0 Å². The van der Waals surface area contributed by atoms with Gasteiger partial charge in [-0.3, -0.25) is 14.5 Å². The van der Waals surface area contributed by atoms with E-state index in [4.69, 9.17) is 0 Å². The molecule has 0 saturated heterocycles. The zero-order chi connectivity index (χ0) is 22.8. The molecule has 2 aliphatic rings. The molecule has 3 heterocycles. The molecule has 0 spiro atoms. The van der Waals surface area contributed by atoms with E-state index in [1.165, 1.54) is 11.1 Å². The van der Waals surface area contributed by atoms with Crippen LogP contribution in [0.25, 0.3) is 5.65 Å². The van der Waals surface area contributed by atoms with E-state index in [1.807, 2.05) is 6.07 Å². The number of nitrogens with zero attached hydrogens (tertiary/aromatic N) is 3. The number of hydrogen-bond donors (Lipinski definition) is 3. The highest BCUT2D eigenvalue weighted by Gasteiger charge is 2.25. The number of carbonyl (C=O) groups is 2. The molecule has 1 fully saturated rings. The molecule has 8 heteroatoms. The number of β-amino-alcohol motifs (C(OH)–C–C–N with tert-alkyl or cyclic N) is 1. The van der Waals surface area contributed by atoms with Gasteiger partial charge < -0.3 is 20.1 Å². The third-order valence-corrected chi connectivity index (χ3v) is 6.60. The van der Waals surface area contributed by atoms with Crippen molar-refractivity contribution in [2.75, 3.05) is 25.0 Å². The summed E-state index contributed by atoms with van der Waals surface area (Å²) >= 11 is 0. The lowest BCUT2D eigenvalue weighted by molar-refractivity contribution is -0.122. The van der Waals surface area contributed by atoms with Gasteiger partial charge >= 0.3 is 0 Å². The van der Waals surface area contributed by atoms with Gasteiger partial charge in [-0.15, -0.1) is 0 Å². The maximum atomic E-state index is 12.6. The van der Waals surface area contributed by atoms with Gasteiger partial charge in [0.1, 0.15) is 11.3 Å². The van der Waals surface area contributed by atoms with E-state index in [0.29, 0.717) is 17.9 Å². The van der Waals surface area contributed by atoms with Crippen LogP contribution in [0.5, 0.6) is 0 Å². The highest BCUT2D eigenvalue weighted by molar-refractivity contribution is 5.94. The number of aromatic nitrogens is 2. The van der Waals surface area contributed by atoms with Crippen LogP contribution in [0.2, 0.25) is 0 Å². The van der Waals surface area contributed by atoms with Crippen molar-refractivity contribution in [2.45, 2.75) is 38.3 Å². The van der Waals surface area contributed by atoms with Crippen molar-refractivity contribution < 1.29 is 14.7 Å². The Hall–Kier alpha value is -3.23. The standard InChI is InChI=1S/C25H29N5O3/c31-21(15-29-11-10-17-4-1-2-5-19(17)13-29)12-26-25(33)22-16-30-14-20(8-9-23(30)28-22)27-24(32)18-6-3-7-18/h1-2,4-5,8-9,14,16,18,21,31H,3,6-7,10-13,15H2,(H,26,33)(H,27,32)/t21-/m0/s1. The molecule has 1 atom stereocenters. The van der Waals surface area contributed by atoms with Crippen LogP contribution in [0.3, 0.4) is 0 Å². The van der Waals surface area contributed by atoms with E-state index < -0.39 is 6.10 Å². The smallest absolute Gasteiger partial charge is 0.271 e. The Balaban J connectivity index is 1.14. The van der Waals surface area contributed by atoms with Crippen molar-refractivity contribution >= 4 is 23.1 Å². The fourth-order valence-corrected chi connectivity index (χ4v) is 4.46. The van der Waals surface area contributed by atoms with E-state index in [2.05, 4.69) is 38.7 Å². The van der Waals surface area contributed by atoms with E-state index in [9.17, 15) is 14.7 Å². The second kappa shape index (κ2) is 9.33. The summed E-state index contributed by atoms with van der Waals surface area (Å²) in [6, 6.07) is 12.0. The summed E-state index contributed by atoms with van der Waals surface area (Å²) in [5.41, 5.74) is 4.25. The quantitative estimate of drug-likeness (QED) is 0.516. The number of hydrogen-bond acceptors (Lipinski definition) is 5. The van der Waals surface area contributed by atoms with Crippen LogP contribution in [-0.2, 0) is 17.8 Å². The molecule has 0 bridgehead atoms. The fourth-order valence-electron chi connectivity index (χ4n) is 4.46. The molecule has 1 aromatic carbocycles. The number of aliphatic hydroxyl groups is 1. The second-order valence-corrected chi connectivity index (χ2v) is 9.04. The van der Waals surface area contributed by atoms with Gasteiger partial charge in [0.25, 0.3) is 5.91 Å². The number of aliphatic hydroxyl groups excluding tert-OH is 1. The summed E-state index contributed by atoms with van der Waals surface area (Å²) in [5, 5.41) is 16.2. The number of anilines is 1. The lowest BCUT2D eigenvalue weighted by Crippen LogP contribution is -2.42. The summed E-state index contributed by atoms with van der Waals surface area (Å²) in [4.78, 5) is 31.3. The van der Waals surface area contributed by atoms with Gasteiger partial charge in [0.05, 0.1) is 11.8 Å². The molecule has 0 unspecified atom stereocenters. The number of carbonyl (C=O) groups excluding carboxylic acids is 2. The molecular formula is C25H29N5O3. The molecular weight excluding hydrogens is 418 g/mol. The van der Waals surface area contributed by atoms with Gasteiger partial charge in [0, 0.05) is 44.5 Å². The number of fused-ring (bicyclic) bond motifs is 2. The molecule has 1 aliphatic heterocycles. The van der Waals surface area contributed by atoms with Crippen molar-refractivity contribution in [1.82, 2.24) is 19.6 Å². The van der Waals surface area contributed by atoms with Gasteiger partial charge in [0.15, 0.2) is 0 Å². The zero-order valence-corrected chi connectivity index (χ0v) is 18.5. The number of amides is 2. The Morgan fingerprint density at radius 3 is 2.73 bits per heavy atom. The topological polar surface area (TPSA) is 99.0 Å². The lowest BCUT2D eigenvalue weighted by atomic mass is 9.85. The van der Waals surface area contributed by atoms with Gasteiger partial charge in [-0.05, 0) is 42.5 Å². The van der Waals surface area contributed by atoms with Crippen LogP contribution in [0.4, 0.5) is 5.69 Å². The maximum absolute atomic E-state index is 12.6. The summed E-state index contributed by atoms with van der Waals surface area (Å²) < 4.78 is 1.73. The molecule has 1 aliphatic carbocycles. The molecule has 2 amide bonds. The number of rotatable bonds is 7. The monoisotopic (exact) mass is 447 g/mol. The first-order valence-corrected chi connectivity index (χ1v) is 11.6. The number of imidazole rings is 1. The van der Waals surface area contributed by atoms with Crippen molar-refractivity contribution in [3.8, 4) is 0 Å². The van der Waals surface area contributed by atoms with Gasteiger partial charge in [-0.1, -0.05) is 30.7 Å². The molecule has 8 nitrogen and oxygen atoms in total. The van der Waals surface area contributed by atoms with Crippen molar-refractivity contribution in [3.63, 3.8) is 0 Å². The van der Waals surface area contributed by atoms with Gasteiger partial charge in [-0.2, -0.15) is 0 Å². The van der Waals surface area contributed by atoms with Crippen molar-refractivity contribution in [1.29, 1.82) is 0 Å². The van der Waals surface area contributed by atoms with Crippen LogP contribution in [-0.4, -0.2) is 56.9 Å². The molecule has 3 aromatic rings.